The van der Waals surface area contributed by atoms with Crippen LogP contribution in [0.2, 0.25) is 0 Å². The van der Waals surface area contributed by atoms with Crippen LogP contribution >= 0.6 is 0 Å². The van der Waals surface area contributed by atoms with Crippen LogP contribution in [0.3, 0.4) is 0 Å². The van der Waals surface area contributed by atoms with Gasteiger partial charge in [-0.15, -0.1) is 0 Å². The van der Waals surface area contributed by atoms with Crippen LogP contribution in [-0.4, -0.2) is 30.8 Å². The molecule has 0 aliphatic rings. The van der Waals surface area contributed by atoms with Crippen LogP contribution in [0.5, 0.6) is 5.75 Å². The fraction of sp³-hybridized carbons (Fsp3) is 0.333. The summed E-state index contributed by atoms with van der Waals surface area (Å²) in [5, 5.41) is 0. The molecule has 7 heteroatoms. The summed E-state index contributed by atoms with van der Waals surface area (Å²) in [5.41, 5.74) is 0.212. The highest BCUT2D eigenvalue weighted by atomic mass is 19.4. The van der Waals surface area contributed by atoms with Crippen molar-refractivity contribution in [3.8, 4) is 5.75 Å². The molecule has 1 rings (SSSR count). The molecular weight excluding hydrogens is 227 g/mol. The summed E-state index contributed by atoms with van der Waals surface area (Å²) < 4.78 is 44.0. The van der Waals surface area contributed by atoms with Crippen LogP contribution in [-0.2, 0) is 4.74 Å². The number of nitrogens with zero attached hydrogens (tertiary/aromatic N) is 1. The Balaban J connectivity index is 2.29. The molecular formula is C9H8F3NO3. The predicted octanol–water partition coefficient (Wildman–Crippen LogP) is 1.81. The van der Waals surface area contributed by atoms with Gasteiger partial charge >= 0.3 is 6.18 Å². The first-order valence-corrected chi connectivity index (χ1v) is 4.20. The quantitative estimate of drug-likeness (QED) is 0.443. The van der Waals surface area contributed by atoms with Crippen LogP contribution < -0.4 is 4.74 Å². The molecule has 88 valence electrons. The SMILES string of the molecule is O=Cc1ccc(OCOCC(F)(F)F)cn1. The first-order valence-electron chi connectivity index (χ1n) is 4.20. The highest BCUT2D eigenvalue weighted by molar-refractivity contribution is 5.71. The highest BCUT2D eigenvalue weighted by Gasteiger charge is 2.27. The molecule has 0 fully saturated rings. The third-order valence-electron chi connectivity index (χ3n) is 1.45. The van der Waals surface area contributed by atoms with E-state index in [-0.39, 0.29) is 11.4 Å². The van der Waals surface area contributed by atoms with Crippen LogP contribution in [0.4, 0.5) is 13.2 Å². The van der Waals surface area contributed by atoms with Crippen LogP contribution in [0.1, 0.15) is 10.5 Å². The van der Waals surface area contributed by atoms with E-state index in [1.54, 1.807) is 0 Å². The smallest absolute Gasteiger partial charge is 0.411 e. The zero-order valence-electron chi connectivity index (χ0n) is 8.03. The summed E-state index contributed by atoms with van der Waals surface area (Å²) in [7, 11) is 0. The van der Waals surface area contributed by atoms with Crippen molar-refractivity contribution >= 4 is 6.29 Å². The van der Waals surface area contributed by atoms with E-state index in [4.69, 9.17) is 4.74 Å². The van der Waals surface area contributed by atoms with Crippen molar-refractivity contribution in [1.29, 1.82) is 0 Å². The minimum absolute atomic E-state index is 0.212. The van der Waals surface area contributed by atoms with Crippen LogP contribution in [0.25, 0.3) is 0 Å². The minimum Gasteiger partial charge on any atom is -0.466 e. The first-order chi connectivity index (χ1) is 7.51. The lowest BCUT2D eigenvalue weighted by atomic mass is 10.4. The molecule has 0 bridgehead atoms. The number of halogens is 3. The number of rotatable bonds is 5. The maximum atomic E-state index is 11.6. The second-order valence-corrected chi connectivity index (χ2v) is 2.76. The van der Waals surface area contributed by atoms with Gasteiger partial charge in [-0.25, -0.2) is 4.98 Å². The molecule has 16 heavy (non-hydrogen) atoms. The summed E-state index contributed by atoms with van der Waals surface area (Å²) in [5.74, 6) is 0.229. The lowest BCUT2D eigenvalue weighted by molar-refractivity contribution is -0.186. The fourth-order valence-electron chi connectivity index (χ4n) is 0.814. The van der Waals surface area contributed by atoms with E-state index in [0.717, 1.165) is 0 Å². The monoisotopic (exact) mass is 235 g/mol. The lowest BCUT2D eigenvalue weighted by Gasteiger charge is -2.08. The Kier molecular flexibility index (Phi) is 4.24. The molecule has 0 radical (unpaired) electrons. The molecule has 0 atom stereocenters. The maximum Gasteiger partial charge on any atom is 0.411 e. The van der Waals surface area contributed by atoms with E-state index < -0.39 is 19.6 Å². The van der Waals surface area contributed by atoms with Crippen molar-refractivity contribution in [2.45, 2.75) is 6.18 Å². The average molecular weight is 235 g/mol. The summed E-state index contributed by atoms with van der Waals surface area (Å²) >= 11 is 0. The number of aldehydes is 1. The number of carbonyl (C=O) groups is 1. The Labute approximate surface area is 89.0 Å². The van der Waals surface area contributed by atoms with Gasteiger partial charge in [0.05, 0.1) is 6.20 Å². The van der Waals surface area contributed by atoms with Crippen LogP contribution in [0.15, 0.2) is 18.3 Å². The van der Waals surface area contributed by atoms with Gasteiger partial charge < -0.3 is 9.47 Å². The third-order valence-corrected chi connectivity index (χ3v) is 1.45. The Hall–Kier alpha value is -1.63. The second kappa shape index (κ2) is 5.45. The van der Waals surface area contributed by atoms with Gasteiger partial charge in [0.25, 0.3) is 0 Å². The predicted molar refractivity (Wildman–Crippen MR) is 47.1 cm³/mol. The zero-order valence-corrected chi connectivity index (χ0v) is 8.03. The molecule has 1 heterocycles. The largest absolute Gasteiger partial charge is 0.466 e. The fourth-order valence-corrected chi connectivity index (χ4v) is 0.814. The maximum absolute atomic E-state index is 11.6. The molecule has 0 spiro atoms. The van der Waals surface area contributed by atoms with E-state index in [0.29, 0.717) is 6.29 Å². The van der Waals surface area contributed by atoms with E-state index >= 15 is 0 Å². The number of carbonyl (C=O) groups excluding carboxylic acids is 1. The number of hydrogen-bond donors (Lipinski definition) is 0. The molecule has 0 amide bonds. The van der Waals surface area contributed by atoms with Gasteiger partial charge in [-0.05, 0) is 12.1 Å². The van der Waals surface area contributed by atoms with Gasteiger partial charge in [0.1, 0.15) is 18.1 Å². The number of aromatic nitrogens is 1. The summed E-state index contributed by atoms with van der Waals surface area (Å²) in [6, 6.07) is 2.79. The molecule has 0 N–H and O–H groups in total. The van der Waals surface area contributed by atoms with Gasteiger partial charge in [-0.2, -0.15) is 13.2 Å². The third kappa shape index (κ3) is 4.74. The standard InChI is InChI=1S/C9H8F3NO3/c10-9(11,12)5-15-6-16-8-2-1-7(4-14)13-3-8/h1-4H,5-6H2. The summed E-state index contributed by atoms with van der Waals surface area (Å²) in [6.45, 7) is -1.89. The molecule has 0 saturated heterocycles. The number of ether oxygens (including phenoxy) is 2. The van der Waals surface area contributed by atoms with Gasteiger partial charge in [-0.1, -0.05) is 0 Å². The molecule has 0 aliphatic heterocycles. The van der Waals surface area contributed by atoms with Gasteiger partial charge in [-0.3, -0.25) is 4.79 Å². The Bertz CT molecular complexity index is 337. The molecule has 1 aromatic heterocycles. The summed E-state index contributed by atoms with van der Waals surface area (Å²) in [4.78, 5) is 13.9. The Morgan fingerprint density at radius 3 is 2.62 bits per heavy atom. The Morgan fingerprint density at radius 2 is 2.12 bits per heavy atom. The van der Waals surface area contributed by atoms with Gasteiger partial charge in [0, 0.05) is 0 Å². The lowest BCUT2D eigenvalue weighted by Crippen LogP contribution is -2.19. The van der Waals surface area contributed by atoms with Crippen molar-refractivity contribution in [2.24, 2.45) is 0 Å². The van der Waals surface area contributed by atoms with E-state index in [2.05, 4.69) is 9.72 Å². The molecule has 1 aromatic rings. The van der Waals surface area contributed by atoms with Crippen LogP contribution in [0, 0.1) is 0 Å². The van der Waals surface area contributed by atoms with E-state index in [9.17, 15) is 18.0 Å². The molecule has 0 aliphatic carbocycles. The Morgan fingerprint density at radius 1 is 1.38 bits per heavy atom. The second-order valence-electron chi connectivity index (χ2n) is 2.76. The molecule has 0 saturated carbocycles. The topological polar surface area (TPSA) is 48.4 Å². The molecule has 0 unspecified atom stereocenters. The first kappa shape index (κ1) is 12.4. The minimum atomic E-state index is -4.37. The van der Waals surface area contributed by atoms with E-state index in [1.165, 1.54) is 18.3 Å². The van der Waals surface area contributed by atoms with Crippen molar-refractivity contribution in [2.75, 3.05) is 13.4 Å². The molecule has 0 aromatic carbocycles. The number of hydrogen-bond acceptors (Lipinski definition) is 4. The summed E-state index contributed by atoms with van der Waals surface area (Å²) in [6.07, 6.45) is -2.60. The van der Waals surface area contributed by atoms with Crippen molar-refractivity contribution in [1.82, 2.24) is 4.98 Å². The van der Waals surface area contributed by atoms with Crippen molar-refractivity contribution in [3.63, 3.8) is 0 Å². The normalized spacial score (nSPS) is 11.2. The highest BCUT2D eigenvalue weighted by Crippen LogP contribution is 2.14. The van der Waals surface area contributed by atoms with Crippen molar-refractivity contribution in [3.05, 3.63) is 24.0 Å². The van der Waals surface area contributed by atoms with Crippen molar-refractivity contribution < 1.29 is 27.4 Å². The van der Waals surface area contributed by atoms with E-state index in [1.807, 2.05) is 0 Å². The zero-order chi connectivity index (χ0) is 12.0. The van der Waals surface area contributed by atoms with Gasteiger partial charge in [0.15, 0.2) is 13.1 Å². The number of pyridine rings is 1. The average Bonchev–Trinajstić information content (AvgIpc) is 2.24. The van der Waals surface area contributed by atoms with Gasteiger partial charge in [0.2, 0.25) is 0 Å². The number of alkyl halides is 3. The molecule has 4 nitrogen and oxygen atoms in total.